The van der Waals surface area contributed by atoms with E-state index in [0.717, 1.165) is 16.4 Å². The molecule has 0 unspecified atom stereocenters. The molecule has 160 valence electrons. The van der Waals surface area contributed by atoms with Crippen LogP contribution in [0.3, 0.4) is 0 Å². The van der Waals surface area contributed by atoms with E-state index in [4.69, 9.17) is 5.26 Å². The lowest BCUT2D eigenvalue weighted by atomic mass is 10.2. The minimum absolute atomic E-state index is 0.0558. The van der Waals surface area contributed by atoms with Crippen molar-refractivity contribution in [1.29, 1.82) is 5.26 Å². The zero-order valence-corrected chi connectivity index (χ0v) is 16.9. The molecule has 0 radical (unpaired) electrons. The number of nitrogens with zero attached hydrogens (tertiary/aromatic N) is 3. The van der Waals surface area contributed by atoms with Gasteiger partial charge in [-0.25, -0.2) is 8.42 Å². The van der Waals surface area contributed by atoms with Crippen LogP contribution in [0.25, 0.3) is 0 Å². The number of hydrogen-bond donors (Lipinski definition) is 0. The van der Waals surface area contributed by atoms with Crippen molar-refractivity contribution >= 4 is 15.9 Å². The van der Waals surface area contributed by atoms with Gasteiger partial charge < -0.3 is 9.64 Å². The number of ether oxygens (including phenoxy) is 1. The SMILES string of the molecule is CN(Cc1ccc(OC(F)(F)F)cc1)C(=O)CN(C)S(=O)(=O)c1ccc(C#N)cc1. The largest absolute Gasteiger partial charge is 0.573 e. The van der Waals surface area contributed by atoms with Gasteiger partial charge in [0.1, 0.15) is 5.75 Å². The molecule has 11 heteroatoms. The number of benzene rings is 2. The lowest BCUT2D eigenvalue weighted by molar-refractivity contribution is -0.274. The molecular formula is C19H18F3N3O4S. The molecule has 2 aromatic rings. The summed E-state index contributed by atoms with van der Waals surface area (Å²) in [6, 6.07) is 12.2. The molecule has 0 atom stereocenters. The van der Waals surface area contributed by atoms with Gasteiger partial charge in [-0.15, -0.1) is 13.2 Å². The molecule has 1 amide bonds. The minimum atomic E-state index is -4.79. The molecule has 0 heterocycles. The maximum atomic E-state index is 12.6. The highest BCUT2D eigenvalue weighted by molar-refractivity contribution is 7.89. The normalized spacial score (nSPS) is 11.8. The van der Waals surface area contributed by atoms with E-state index in [1.165, 1.54) is 55.4 Å². The van der Waals surface area contributed by atoms with Gasteiger partial charge in [-0.05, 0) is 42.0 Å². The number of alkyl halides is 3. The summed E-state index contributed by atoms with van der Waals surface area (Å²) in [5.41, 5.74) is 0.844. The van der Waals surface area contributed by atoms with E-state index in [9.17, 15) is 26.4 Å². The number of sulfonamides is 1. The number of likely N-dealkylation sites (N-methyl/N-ethyl adjacent to an activating group) is 2. The summed E-state index contributed by atoms with van der Waals surface area (Å²) in [7, 11) is -1.23. The molecule has 0 aliphatic carbocycles. The molecule has 0 spiro atoms. The summed E-state index contributed by atoms with van der Waals surface area (Å²) >= 11 is 0. The fourth-order valence-electron chi connectivity index (χ4n) is 2.44. The van der Waals surface area contributed by atoms with Crippen molar-refractivity contribution < 1.29 is 31.1 Å². The molecule has 0 saturated heterocycles. The highest BCUT2D eigenvalue weighted by Crippen LogP contribution is 2.23. The van der Waals surface area contributed by atoms with Crippen molar-refractivity contribution in [3.05, 3.63) is 59.7 Å². The third-order valence-corrected chi connectivity index (χ3v) is 5.87. The maximum Gasteiger partial charge on any atom is 0.573 e. The summed E-state index contributed by atoms with van der Waals surface area (Å²) in [6.07, 6.45) is -4.79. The molecule has 2 rings (SSSR count). The topological polar surface area (TPSA) is 90.7 Å². The number of carbonyl (C=O) groups excluding carboxylic acids is 1. The van der Waals surface area contributed by atoms with Crippen LogP contribution in [0.4, 0.5) is 13.2 Å². The predicted molar refractivity (Wildman–Crippen MR) is 101 cm³/mol. The average Bonchev–Trinajstić information content (AvgIpc) is 2.68. The zero-order valence-electron chi connectivity index (χ0n) is 16.0. The number of amides is 1. The van der Waals surface area contributed by atoms with Gasteiger partial charge in [0.25, 0.3) is 0 Å². The van der Waals surface area contributed by atoms with Gasteiger partial charge in [0.15, 0.2) is 0 Å². The molecule has 2 aromatic carbocycles. The molecular weight excluding hydrogens is 423 g/mol. The van der Waals surface area contributed by atoms with Crippen LogP contribution in [0.5, 0.6) is 5.75 Å². The van der Waals surface area contributed by atoms with E-state index in [2.05, 4.69) is 4.74 Å². The summed E-state index contributed by atoms with van der Waals surface area (Å²) in [4.78, 5) is 13.6. The van der Waals surface area contributed by atoms with E-state index in [1.54, 1.807) is 0 Å². The van der Waals surface area contributed by atoms with Gasteiger partial charge >= 0.3 is 6.36 Å². The van der Waals surface area contributed by atoms with Crippen LogP contribution in [0, 0.1) is 11.3 Å². The van der Waals surface area contributed by atoms with Crippen LogP contribution in [-0.2, 0) is 21.4 Å². The van der Waals surface area contributed by atoms with Gasteiger partial charge in [-0.3, -0.25) is 4.79 Å². The van der Waals surface area contributed by atoms with Crippen LogP contribution in [0.2, 0.25) is 0 Å². The number of halogens is 3. The smallest absolute Gasteiger partial charge is 0.406 e. The Kier molecular flexibility index (Phi) is 7.07. The predicted octanol–water partition coefficient (Wildman–Crippen LogP) is 2.74. The summed E-state index contributed by atoms with van der Waals surface area (Å²) in [6.45, 7) is -0.371. The molecule has 0 N–H and O–H groups in total. The molecule has 30 heavy (non-hydrogen) atoms. The minimum Gasteiger partial charge on any atom is -0.406 e. The zero-order chi connectivity index (χ0) is 22.5. The molecule has 0 fully saturated rings. The van der Waals surface area contributed by atoms with Crippen LogP contribution in [0.1, 0.15) is 11.1 Å². The first-order valence-electron chi connectivity index (χ1n) is 8.47. The molecule has 7 nitrogen and oxygen atoms in total. The second kappa shape index (κ2) is 9.15. The first-order valence-corrected chi connectivity index (χ1v) is 9.91. The highest BCUT2D eigenvalue weighted by atomic mass is 32.2. The quantitative estimate of drug-likeness (QED) is 0.659. The number of nitriles is 1. The maximum absolute atomic E-state index is 12.6. The summed E-state index contributed by atoms with van der Waals surface area (Å²) < 4.78 is 66.4. The Labute approximate surface area is 171 Å². The van der Waals surface area contributed by atoms with E-state index in [1.807, 2.05) is 6.07 Å². The van der Waals surface area contributed by atoms with Crippen molar-refractivity contribution in [3.8, 4) is 11.8 Å². The van der Waals surface area contributed by atoms with Crippen LogP contribution in [0.15, 0.2) is 53.4 Å². The first kappa shape index (κ1) is 23.2. The van der Waals surface area contributed by atoms with E-state index < -0.39 is 28.8 Å². The Morgan fingerprint density at radius 3 is 2.13 bits per heavy atom. The Hall–Kier alpha value is -3.10. The Balaban J connectivity index is 1.99. The van der Waals surface area contributed by atoms with E-state index in [0.29, 0.717) is 11.1 Å². The lowest BCUT2D eigenvalue weighted by Gasteiger charge is -2.22. The Morgan fingerprint density at radius 2 is 1.63 bits per heavy atom. The van der Waals surface area contributed by atoms with Crippen molar-refractivity contribution in [2.75, 3.05) is 20.6 Å². The molecule has 0 aromatic heterocycles. The van der Waals surface area contributed by atoms with Gasteiger partial charge in [0, 0.05) is 20.6 Å². The summed E-state index contributed by atoms with van der Waals surface area (Å²) in [5, 5.41) is 8.79. The number of rotatable bonds is 7. The van der Waals surface area contributed by atoms with Crippen LogP contribution in [-0.4, -0.2) is 50.5 Å². The summed E-state index contributed by atoms with van der Waals surface area (Å²) in [5.74, 6) is -0.890. The fraction of sp³-hybridized carbons (Fsp3) is 0.263. The van der Waals surface area contributed by atoms with Gasteiger partial charge in [0.05, 0.1) is 23.1 Å². The highest BCUT2D eigenvalue weighted by Gasteiger charge is 2.31. The molecule has 0 saturated carbocycles. The lowest BCUT2D eigenvalue weighted by Crippen LogP contribution is -2.39. The van der Waals surface area contributed by atoms with Crippen molar-refractivity contribution in [2.24, 2.45) is 0 Å². The van der Waals surface area contributed by atoms with E-state index in [-0.39, 0.29) is 17.2 Å². The standard InChI is InChI=1S/C19H18F3N3O4S/c1-24(12-15-3-7-16(8-4-15)29-19(20,21)22)18(26)13-25(2)30(27,28)17-9-5-14(11-23)6-10-17/h3-10H,12-13H2,1-2H3. The number of hydrogen-bond acceptors (Lipinski definition) is 5. The van der Waals surface area contributed by atoms with Gasteiger partial charge in [0.2, 0.25) is 15.9 Å². The molecule has 0 aliphatic rings. The molecule has 0 bridgehead atoms. The van der Waals surface area contributed by atoms with Crippen LogP contribution >= 0.6 is 0 Å². The van der Waals surface area contributed by atoms with Crippen LogP contribution < -0.4 is 4.74 Å². The second-order valence-electron chi connectivity index (χ2n) is 6.34. The first-order chi connectivity index (χ1) is 13.9. The fourth-order valence-corrected chi connectivity index (χ4v) is 3.56. The van der Waals surface area contributed by atoms with E-state index >= 15 is 0 Å². The third kappa shape index (κ3) is 6.20. The van der Waals surface area contributed by atoms with Gasteiger partial charge in [-0.2, -0.15) is 9.57 Å². The number of carbonyl (C=O) groups is 1. The Bertz CT molecular complexity index is 1030. The van der Waals surface area contributed by atoms with Crippen molar-refractivity contribution in [3.63, 3.8) is 0 Å². The van der Waals surface area contributed by atoms with Crippen molar-refractivity contribution in [1.82, 2.24) is 9.21 Å². The third-order valence-electron chi connectivity index (χ3n) is 4.05. The molecule has 0 aliphatic heterocycles. The van der Waals surface area contributed by atoms with Gasteiger partial charge in [-0.1, -0.05) is 12.1 Å². The second-order valence-corrected chi connectivity index (χ2v) is 8.38. The Morgan fingerprint density at radius 1 is 1.07 bits per heavy atom. The monoisotopic (exact) mass is 441 g/mol. The average molecular weight is 441 g/mol. The van der Waals surface area contributed by atoms with Crippen molar-refractivity contribution in [2.45, 2.75) is 17.8 Å².